The van der Waals surface area contributed by atoms with Crippen molar-refractivity contribution in [1.29, 1.82) is 0 Å². The molecule has 0 saturated heterocycles. The third-order valence-corrected chi connectivity index (χ3v) is 2.47. The lowest BCUT2D eigenvalue weighted by Gasteiger charge is -2.25. The van der Waals surface area contributed by atoms with E-state index in [0.717, 1.165) is 0 Å². The minimum atomic E-state index is -1.60. The van der Waals surface area contributed by atoms with Crippen molar-refractivity contribution in [2.45, 2.75) is 18.5 Å². The van der Waals surface area contributed by atoms with Crippen LogP contribution in [0.5, 0.6) is 0 Å². The molecule has 90 valence electrons. The third-order valence-electron chi connectivity index (χ3n) is 2.47. The Morgan fingerprint density at radius 3 is 2.88 bits per heavy atom. The minimum Gasteiger partial charge on any atom is -0.383 e. The van der Waals surface area contributed by atoms with Gasteiger partial charge in [-0.2, -0.15) is 0 Å². The molecule has 0 bridgehead atoms. The number of nitrogens with two attached hydrogens (primary N) is 2. The Kier molecular flexibility index (Phi) is 4.64. The van der Waals surface area contributed by atoms with Crippen LogP contribution in [0.4, 0.5) is 10.2 Å². The molecule has 1 atom stereocenters. The molecule has 5 heteroatoms. The number of nitrogens with zero attached hydrogens (tertiary/aromatic N) is 1. The molecule has 1 aromatic heterocycles. The van der Waals surface area contributed by atoms with Crippen LogP contribution >= 0.6 is 0 Å². The lowest BCUT2D eigenvalue weighted by Crippen LogP contribution is -2.28. The molecule has 0 fully saturated rings. The van der Waals surface area contributed by atoms with Crippen LogP contribution in [0.15, 0.2) is 18.3 Å². The summed E-state index contributed by atoms with van der Waals surface area (Å²) in [6.45, 7) is 0.401. The van der Waals surface area contributed by atoms with E-state index < -0.39 is 5.67 Å². The van der Waals surface area contributed by atoms with Gasteiger partial charge in [-0.3, -0.25) is 0 Å². The number of rotatable bonds is 6. The van der Waals surface area contributed by atoms with Gasteiger partial charge in [0.25, 0.3) is 0 Å². The molecule has 0 amide bonds. The molecule has 0 aromatic carbocycles. The van der Waals surface area contributed by atoms with E-state index in [2.05, 4.69) is 4.98 Å². The van der Waals surface area contributed by atoms with E-state index in [4.69, 9.17) is 16.2 Å². The zero-order valence-corrected chi connectivity index (χ0v) is 9.45. The molecule has 0 aliphatic heterocycles. The summed E-state index contributed by atoms with van der Waals surface area (Å²) in [6, 6.07) is 3.30. The van der Waals surface area contributed by atoms with Crippen molar-refractivity contribution in [1.82, 2.24) is 4.98 Å². The number of hydrogen-bond acceptors (Lipinski definition) is 4. The summed E-state index contributed by atoms with van der Waals surface area (Å²) in [4.78, 5) is 3.89. The van der Waals surface area contributed by atoms with Crippen LogP contribution in [0.2, 0.25) is 0 Å². The van der Waals surface area contributed by atoms with Crippen molar-refractivity contribution < 1.29 is 9.13 Å². The smallest absolute Gasteiger partial charge is 0.162 e. The van der Waals surface area contributed by atoms with Gasteiger partial charge in [-0.15, -0.1) is 0 Å². The van der Waals surface area contributed by atoms with E-state index in [1.54, 1.807) is 12.1 Å². The van der Waals surface area contributed by atoms with E-state index in [9.17, 15) is 4.39 Å². The standard InChI is InChI=1S/C11H18FN3O/c1-16-8-11(12,5-3-6-13)9-4-2-7-15-10(9)14/h2,4,7H,3,5-6,8,13H2,1H3,(H2,14,15). The quantitative estimate of drug-likeness (QED) is 0.766. The molecule has 0 radical (unpaired) electrons. The van der Waals surface area contributed by atoms with Gasteiger partial charge in [-0.25, -0.2) is 9.37 Å². The largest absolute Gasteiger partial charge is 0.383 e. The number of aromatic nitrogens is 1. The van der Waals surface area contributed by atoms with Gasteiger partial charge in [0, 0.05) is 18.9 Å². The van der Waals surface area contributed by atoms with Crippen LogP contribution in [0.3, 0.4) is 0 Å². The number of halogens is 1. The van der Waals surface area contributed by atoms with Gasteiger partial charge in [0.2, 0.25) is 0 Å². The Morgan fingerprint density at radius 1 is 1.56 bits per heavy atom. The molecule has 4 nitrogen and oxygen atoms in total. The highest BCUT2D eigenvalue weighted by atomic mass is 19.1. The van der Waals surface area contributed by atoms with Crippen LogP contribution in [-0.4, -0.2) is 25.2 Å². The normalized spacial score (nSPS) is 14.7. The maximum Gasteiger partial charge on any atom is 0.162 e. The van der Waals surface area contributed by atoms with Gasteiger partial charge in [-0.05, 0) is 25.5 Å². The fourth-order valence-electron chi connectivity index (χ4n) is 1.69. The van der Waals surface area contributed by atoms with Crippen molar-refractivity contribution in [3.05, 3.63) is 23.9 Å². The summed E-state index contributed by atoms with van der Waals surface area (Å²) in [7, 11) is 1.46. The first kappa shape index (κ1) is 12.9. The molecule has 0 aliphatic carbocycles. The number of alkyl halides is 1. The van der Waals surface area contributed by atoms with Crippen molar-refractivity contribution in [2.24, 2.45) is 5.73 Å². The van der Waals surface area contributed by atoms with E-state index in [-0.39, 0.29) is 18.8 Å². The second-order valence-electron chi connectivity index (χ2n) is 3.73. The third kappa shape index (κ3) is 2.90. The van der Waals surface area contributed by atoms with E-state index in [1.165, 1.54) is 13.3 Å². The average molecular weight is 227 g/mol. The van der Waals surface area contributed by atoms with Crippen molar-refractivity contribution in [2.75, 3.05) is 26.0 Å². The van der Waals surface area contributed by atoms with Crippen molar-refractivity contribution >= 4 is 5.82 Å². The second kappa shape index (κ2) is 5.77. The van der Waals surface area contributed by atoms with E-state index >= 15 is 0 Å². The van der Waals surface area contributed by atoms with Crippen molar-refractivity contribution in [3.8, 4) is 0 Å². The molecule has 1 heterocycles. The fraction of sp³-hybridized carbons (Fsp3) is 0.545. The molecule has 1 unspecified atom stereocenters. The fourth-order valence-corrected chi connectivity index (χ4v) is 1.69. The van der Waals surface area contributed by atoms with Crippen LogP contribution < -0.4 is 11.5 Å². The van der Waals surface area contributed by atoms with Gasteiger partial charge in [0.15, 0.2) is 5.67 Å². The number of hydrogen-bond donors (Lipinski definition) is 2. The summed E-state index contributed by atoms with van der Waals surface area (Å²) in [5, 5.41) is 0. The Balaban J connectivity index is 2.96. The zero-order valence-electron chi connectivity index (χ0n) is 9.45. The van der Waals surface area contributed by atoms with Crippen LogP contribution in [0.25, 0.3) is 0 Å². The first-order chi connectivity index (χ1) is 7.64. The molecule has 0 aliphatic rings. The Morgan fingerprint density at radius 2 is 2.31 bits per heavy atom. The summed E-state index contributed by atoms with van der Waals surface area (Å²) < 4.78 is 19.6. The predicted molar refractivity (Wildman–Crippen MR) is 61.6 cm³/mol. The molecule has 16 heavy (non-hydrogen) atoms. The number of pyridine rings is 1. The first-order valence-corrected chi connectivity index (χ1v) is 5.23. The van der Waals surface area contributed by atoms with Crippen LogP contribution in [0.1, 0.15) is 18.4 Å². The summed E-state index contributed by atoms with van der Waals surface area (Å²) in [5.41, 5.74) is 9.84. The van der Waals surface area contributed by atoms with Crippen LogP contribution in [-0.2, 0) is 10.4 Å². The lowest BCUT2D eigenvalue weighted by molar-refractivity contribution is 0.0307. The monoisotopic (exact) mass is 227 g/mol. The SMILES string of the molecule is COCC(F)(CCCN)c1cccnc1N. The van der Waals surface area contributed by atoms with Gasteiger partial charge < -0.3 is 16.2 Å². The molecule has 1 aromatic rings. The maximum absolute atomic E-state index is 14.7. The molecule has 0 saturated carbocycles. The highest BCUT2D eigenvalue weighted by molar-refractivity contribution is 5.43. The van der Waals surface area contributed by atoms with Gasteiger partial charge >= 0.3 is 0 Å². The summed E-state index contributed by atoms with van der Waals surface area (Å²) in [6.07, 6.45) is 2.40. The number of anilines is 1. The highest BCUT2D eigenvalue weighted by Gasteiger charge is 2.33. The summed E-state index contributed by atoms with van der Waals surface area (Å²) in [5.74, 6) is 0.207. The van der Waals surface area contributed by atoms with Crippen molar-refractivity contribution in [3.63, 3.8) is 0 Å². The summed E-state index contributed by atoms with van der Waals surface area (Å²) >= 11 is 0. The number of ether oxygens (including phenoxy) is 1. The highest BCUT2D eigenvalue weighted by Crippen LogP contribution is 2.34. The molecule has 1 rings (SSSR count). The molecule has 0 spiro atoms. The Hall–Kier alpha value is -1.20. The first-order valence-electron chi connectivity index (χ1n) is 5.23. The predicted octanol–water partition coefficient (Wildman–Crippen LogP) is 1.21. The topological polar surface area (TPSA) is 74.2 Å². The van der Waals surface area contributed by atoms with Crippen LogP contribution in [0, 0.1) is 0 Å². The lowest BCUT2D eigenvalue weighted by atomic mass is 9.92. The number of methoxy groups -OCH3 is 1. The molecular formula is C11H18FN3O. The average Bonchev–Trinajstić information content (AvgIpc) is 2.27. The van der Waals surface area contributed by atoms with E-state index in [0.29, 0.717) is 18.5 Å². The second-order valence-corrected chi connectivity index (χ2v) is 3.73. The van der Waals surface area contributed by atoms with Gasteiger partial charge in [0.1, 0.15) is 5.82 Å². The number of nitrogen functional groups attached to an aromatic ring is 1. The Labute approximate surface area is 94.8 Å². The molecular weight excluding hydrogens is 209 g/mol. The van der Waals surface area contributed by atoms with E-state index in [1.807, 2.05) is 0 Å². The Bertz CT molecular complexity index is 335. The molecule has 4 N–H and O–H groups in total. The minimum absolute atomic E-state index is 0.0388. The van der Waals surface area contributed by atoms with Gasteiger partial charge in [-0.1, -0.05) is 6.07 Å². The zero-order chi connectivity index (χ0) is 12.0. The van der Waals surface area contributed by atoms with Gasteiger partial charge in [0.05, 0.1) is 6.61 Å². The maximum atomic E-state index is 14.7.